The Balaban J connectivity index is 2.48. The van der Waals surface area contributed by atoms with Crippen molar-refractivity contribution in [2.45, 2.75) is 26.5 Å². The third-order valence-electron chi connectivity index (χ3n) is 1.63. The predicted octanol–water partition coefficient (Wildman–Crippen LogP) is 1.12. The molecular formula is C10H14ClN3O2. The number of hydrogen-bond acceptors (Lipinski definition) is 4. The lowest BCUT2D eigenvalue weighted by Crippen LogP contribution is -2.24. The molecule has 0 spiro atoms. The lowest BCUT2D eigenvalue weighted by molar-refractivity contribution is -0.118. The molecule has 0 bridgehead atoms. The standard InChI is InChI=1S/C10H14ClN3O2/c1-7(2)16-10-6-12-8(5-14-10)4-13-9(15)3-11/h5-7H,3-4H2,1-2H3,(H,13,15). The molecule has 0 aliphatic rings. The summed E-state index contributed by atoms with van der Waals surface area (Å²) in [5.74, 6) is 0.190. The summed E-state index contributed by atoms with van der Waals surface area (Å²) in [7, 11) is 0. The van der Waals surface area contributed by atoms with Crippen molar-refractivity contribution in [2.24, 2.45) is 0 Å². The first-order valence-corrected chi connectivity index (χ1v) is 5.45. The van der Waals surface area contributed by atoms with E-state index in [1.54, 1.807) is 6.20 Å². The Morgan fingerprint density at radius 3 is 2.75 bits per heavy atom. The van der Waals surface area contributed by atoms with Crippen LogP contribution >= 0.6 is 11.6 Å². The molecule has 0 radical (unpaired) electrons. The van der Waals surface area contributed by atoms with Crippen molar-refractivity contribution in [3.63, 3.8) is 0 Å². The summed E-state index contributed by atoms with van der Waals surface area (Å²) in [5, 5.41) is 2.59. The molecule has 6 heteroatoms. The van der Waals surface area contributed by atoms with Crippen molar-refractivity contribution in [1.82, 2.24) is 15.3 Å². The van der Waals surface area contributed by atoms with Crippen LogP contribution in [0.3, 0.4) is 0 Å². The summed E-state index contributed by atoms with van der Waals surface area (Å²) < 4.78 is 5.33. The van der Waals surface area contributed by atoms with E-state index in [9.17, 15) is 4.79 Å². The van der Waals surface area contributed by atoms with Gasteiger partial charge in [-0.25, -0.2) is 4.98 Å². The lowest BCUT2D eigenvalue weighted by atomic mass is 10.4. The first kappa shape index (κ1) is 12.7. The second kappa shape index (κ2) is 6.27. The Hall–Kier alpha value is -1.36. The highest BCUT2D eigenvalue weighted by molar-refractivity contribution is 6.27. The number of ether oxygens (including phenoxy) is 1. The van der Waals surface area contributed by atoms with E-state index in [-0.39, 0.29) is 17.9 Å². The van der Waals surface area contributed by atoms with Gasteiger partial charge in [0, 0.05) is 0 Å². The Morgan fingerprint density at radius 2 is 2.25 bits per heavy atom. The van der Waals surface area contributed by atoms with E-state index >= 15 is 0 Å². The first-order valence-electron chi connectivity index (χ1n) is 4.92. The molecule has 16 heavy (non-hydrogen) atoms. The zero-order valence-corrected chi connectivity index (χ0v) is 9.99. The fourth-order valence-corrected chi connectivity index (χ4v) is 1.07. The molecular weight excluding hydrogens is 230 g/mol. The fourth-order valence-electron chi connectivity index (χ4n) is 0.973. The first-order chi connectivity index (χ1) is 7.61. The van der Waals surface area contributed by atoms with Crippen LogP contribution in [0.15, 0.2) is 12.4 Å². The maximum Gasteiger partial charge on any atom is 0.235 e. The molecule has 88 valence electrons. The van der Waals surface area contributed by atoms with Gasteiger partial charge in [0.05, 0.1) is 30.7 Å². The summed E-state index contributed by atoms with van der Waals surface area (Å²) in [6.07, 6.45) is 3.16. The Bertz CT molecular complexity index is 340. The molecule has 0 aliphatic heterocycles. The van der Waals surface area contributed by atoms with Crippen molar-refractivity contribution < 1.29 is 9.53 Å². The van der Waals surface area contributed by atoms with Gasteiger partial charge in [0.15, 0.2) is 0 Å². The Kier molecular flexibility index (Phi) is 4.98. The minimum atomic E-state index is -0.231. The quantitative estimate of drug-likeness (QED) is 0.788. The molecule has 1 aromatic rings. The van der Waals surface area contributed by atoms with E-state index in [0.29, 0.717) is 18.1 Å². The van der Waals surface area contributed by atoms with Gasteiger partial charge in [-0.3, -0.25) is 9.78 Å². The van der Waals surface area contributed by atoms with Crippen LogP contribution in [-0.2, 0) is 11.3 Å². The second-order valence-corrected chi connectivity index (χ2v) is 3.69. The number of hydrogen-bond donors (Lipinski definition) is 1. The van der Waals surface area contributed by atoms with Crippen LogP contribution in [0.5, 0.6) is 5.88 Å². The number of aromatic nitrogens is 2. The molecule has 1 amide bonds. The summed E-state index contributed by atoms with van der Waals surface area (Å²) in [5.41, 5.74) is 0.662. The number of carbonyl (C=O) groups is 1. The largest absolute Gasteiger partial charge is 0.474 e. The van der Waals surface area contributed by atoms with Crippen LogP contribution in [0.25, 0.3) is 0 Å². The third kappa shape index (κ3) is 4.44. The molecule has 1 rings (SSSR count). The highest BCUT2D eigenvalue weighted by atomic mass is 35.5. The van der Waals surface area contributed by atoms with Gasteiger partial charge in [0.2, 0.25) is 11.8 Å². The van der Waals surface area contributed by atoms with Crippen molar-refractivity contribution in [2.75, 3.05) is 5.88 Å². The van der Waals surface area contributed by atoms with Crippen molar-refractivity contribution in [1.29, 1.82) is 0 Å². The molecule has 0 atom stereocenters. The van der Waals surface area contributed by atoms with Gasteiger partial charge in [-0.1, -0.05) is 0 Å². The van der Waals surface area contributed by atoms with Gasteiger partial charge < -0.3 is 10.1 Å². The molecule has 0 unspecified atom stereocenters. The molecule has 0 aromatic carbocycles. The average molecular weight is 244 g/mol. The molecule has 5 nitrogen and oxygen atoms in total. The van der Waals surface area contributed by atoms with Crippen molar-refractivity contribution in [3.8, 4) is 5.88 Å². The smallest absolute Gasteiger partial charge is 0.235 e. The van der Waals surface area contributed by atoms with Gasteiger partial charge >= 0.3 is 0 Å². The number of rotatable bonds is 5. The fraction of sp³-hybridized carbons (Fsp3) is 0.500. The average Bonchev–Trinajstić information content (AvgIpc) is 2.27. The van der Waals surface area contributed by atoms with Crippen molar-refractivity contribution in [3.05, 3.63) is 18.1 Å². The van der Waals surface area contributed by atoms with Gasteiger partial charge in [-0.05, 0) is 13.8 Å². The number of alkyl halides is 1. The lowest BCUT2D eigenvalue weighted by Gasteiger charge is -2.08. The van der Waals surface area contributed by atoms with Gasteiger partial charge in [0.1, 0.15) is 5.88 Å². The van der Waals surface area contributed by atoms with E-state index in [2.05, 4.69) is 15.3 Å². The number of amides is 1. The van der Waals surface area contributed by atoms with E-state index < -0.39 is 0 Å². The Morgan fingerprint density at radius 1 is 1.50 bits per heavy atom. The van der Waals surface area contributed by atoms with Gasteiger partial charge in [0.25, 0.3) is 0 Å². The minimum Gasteiger partial charge on any atom is -0.474 e. The van der Waals surface area contributed by atoms with Crippen LogP contribution in [0.1, 0.15) is 19.5 Å². The van der Waals surface area contributed by atoms with E-state index in [0.717, 1.165) is 0 Å². The van der Waals surface area contributed by atoms with E-state index in [4.69, 9.17) is 16.3 Å². The van der Waals surface area contributed by atoms with Crippen molar-refractivity contribution >= 4 is 17.5 Å². The molecule has 0 aliphatic carbocycles. The molecule has 0 fully saturated rings. The predicted molar refractivity (Wildman–Crippen MR) is 60.4 cm³/mol. The van der Waals surface area contributed by atoms with Gasteiger partial charge in [-0.15, -0.1) is 11.6 Å². The summed E-state index contributed by atoms with van der Waals surface area (Å²) in [6, 6.07) is 0. The molecule has 1 N–H and O–H groups in total. The summed E-state index contributed by atoms with van der Waals surface area (Å²) in [6.45, 7) is 4.15. The SMILES string of the molecule is CC(C)Oc1cnc(CNC(=O)CCl)cn1. The zero-order chi connectivity index (χ0) is 12.0. The highest BCUT2D eigenvalue weighted by Crippen LogP contribution is 2.06. The summed E-state index contributed by atoms with van der Waals surface area (Å²) >= 11 is 5.33. The maximum absolute atomic E-state index is 10.9. The normalized spacial score (nSPS) is 10.2. The number of carbonyl (C=O) groups excluding carboxylic acids is 1. The second-order valence-electron chi connectivity index (χ2n) is 3.42. The van der Waals surface area contributed by atoms with Crippen LogP contribution in [0, 0.1) is 0 Å². The van der Waals surface area contributed by atoms with Crippen LogP contribution in [0.4, 0.5) is 0 Å². The number of halogens is 1. The van der Waals surface area contributed by atoms with Crippen LogP contribution < -0.4 is 10.1 Å². The number of nitrogens with one attached hydrogen (secondary N) is 1. The van der Waals surface area contributed by atoms with E-state index in [1.165, 1.54) is 6.20 Å². The van der Waals surface area contributed by atoms with E-state index in [1.807, 2.05) is 13.8 Å². The number of nitrogens with zero attached hydrogens (tertiary/aromatic N) is 2. The topological polar surface area (TPSA) is 64.1 Å². The third-order valence-corrected chi connectivity index (χ3v) is 1.87. The Labute approximate surface area is 99.2 Å². The summed E-state index contributed by atoms with van der Waals surface area (Å²) in [4.78, 5) is 19.0. The van der Waals surface area contributed by atoms with Crippen LogP contribution in [0.2, 0.25) is 0 Å². The molecule has 0 saturated carbocycles. The minimum absolute atomic E-state index is 0.0536. The molecule has 1 heterocycles. The zero-order valence-electron chi connectivity index (χ0n) is 9.24. The molecule has 1 aromatic heterocycles. The maximum atomic E-state index is 10.9. The monoisotopic (exact) mass is 243 g/mol. The van der Waals surface area contributed by atoms with Crippen LogP contribution in [-0.4, -0.2) is 27.9 Å². The molecule has 0 saturated heterocycles. The van der Waals surface area contributed by atoms with Gasteiger partial charge in [-0.2, -0.15) is 0 Å². The highest BCUT2D eigenvalue weighted by Gasteiger charge is 2.02.